The first-order valence-corrected chi connectivity index (χ1v) is 7.64. The van der Waals surface area contributed by atoms with Crippen LogP contribution >= 0.6 is 0 Å². The Bertz CT molecular complexity index is 715. The normalized spacial score (nSPS) is 12.5. The van der Waals surface area contributed by atoms with E-state index in [1.165, 1.54) is 12.1 Å². The van der Waals surface area contributed by atoms with E-state index in [1.54, 1.807) is 7.11 Å². The summed E-state index contributed by atoms with van der Waals surface area (Å²) in [7, 11) is 1.57. The Morgan fingerprint density at radius 1 is 1.12 bits per heavy atom. The highest BCUT2D eigenvalue weighted by atomic mass is 19.4. The highest BCUT2D eigenvalue weighted by molar-refractivity contribution is 5.92. The van der Waals surface area contributed by atoms with Gasteiger partial charge in [-0.3, -0.25) is 4.79 Å². The van der Waals surface area contributed by atoms with E-state index in [0.717, 1.165) is 17.7 Å². The third kappa shape index (κ3) is 5.22. The summed E-state index contributed by atoms with van der Waals surface area (Å²) in [5.41, 5.74) is 0.463. The van der Waals surface area contributed by atoms with Crippen molar-refractivity contribution >= 4 is 11.6 Å². The lowest BCUT2D eigenvalue weighted by Crippen LogP contribution is -2.30. The Kier molecular flexibility index (Phi) is 6.03. The van der Waals surface area contributed by atoms with Crippen molar-refractivity contribution < 1.29 is 22.7 Å². The predicted octanol–water partition coefficient (Wildman–Crippen LogP) is 4.00. The van der Waals surface area contributed by atoms with E-state index in [2.05, 4.69) is 10.6 Å². The molecular weight excluding hydrogens is 333 g/mol. The number of amides is 1. The van der Waals surface area contributed by atoms with Gasteiger partial charge in [0.1, 0.15) is 5.75 Å². The average Bonchev–Trinajstić information content (AvgIpc) is 2.59. The van der Waals surface area contributed by atoms with Crippen molar-refractivity contribution in [3.63, 3.8) is 0 Å². The fraction of sp³-hybridized carbons (Fsp3) is 0.278. The molecule has 0 saturated carbocycles. The predicted molar refractivity (Wildman–Crippen MR) is 89.5 cm³/mol. The molecule has 0 aliphatic rings. The van der Waals surface area contributed by atoms with Crippen LogP contribution in [0.15, 0.2) is 48.5 Å². The summed E-state index contributed by atoms with van der Waals surface area (Å²) in [6, 6.07) is 11.6. The maximum Gasteiger partial charge on any atom is 0.416 e. The Morgan fingerprint density at radius 3 is 2.36 bits per heavy atom. The van der Waals surface area contributed by atoms with Gasteiger partial charge in [-0.15, -0.1) is 0 Å². The Labute approximate surface area is 144 Å². The molecule has 2 rings (SSSR count). The molecule has 0 unspecified atom stereocenters. The minimum Gasteiger partial charge on any atom is -0.496 e. The highest BCUT2D eigenvalue weighted by Gasteiger charge is 2.29. The van der Waals surface area contributed by atoms with E-state index in [0.29, 0.717) is 11.4 Å². The number of carbonyl (C=O) groups excluding carboxylic acids is 1. The van der Waals surface area contributed by atoms with Crippen LogP contribution in [-0.4, -0.2) is 19.6 Å². The van der Waals surface area contributed by atoms with Crippen molar-refractivity contribution in [1.82, 2.24) is 5.32 Å². The van der Waals surface area contributed by atoms with Crippen LogP contribution in [0.25, 0.3) is 0 Å². The van der Waals surface area contributed by atoms with Crippen molar-refractivity contribution in [3.8, 4) is 5.75 Å². The summed E-state index contributed by atoms with van der Waals surface area (Å²) in [6.07, 6.45) is -4.39. The summed E-state index contributed by atoms with van der Waals surface area (Å²) in [5.74, 6) is 0.368. The topological polar surface area (TPSA) is 50.4 Å². The van der Waals surface area contributed by atoms with Crippen molar-refractivity contribution in [2.24, 2.45) is 0 Å². The molecule has 0 aromatic heterocycles. The largest absolute Gasteiger partial charge is 0.496 e. The van der Waals surface area contributed by atoms with Gasteiger partial charge in [-0.1, -0.05) is 18.2 Å². The van der Waals surface area contributed by atoms with Gasteiger partial charge in [0.2, 0.25) is 5.91 Å². The Balaban J connectivity index is 1.90. The molecule has 7 heteroatoms. The lowest BCUT2D eigenvalue weighted by molar-refractivity contribution is -0.137. The van der Waals surface area contributed by atoms with Crippen molar-refractivity contribution in [2.75, 3.05) is 19.0 Å². The van der Waals surface area contributed by atoms with Gasteiger partial charge in [0, 0.05) is 17.3 Å². The molecule has 2 N–H and O–H groups in total. The maximum atomic E-state index is 12.5. The molecule has 0 spiro atoms. The van der Waals surface area contributed by atoms with Crippen LogP contribution in [0, 0.1) is 0 Å². The van der Waals surface area contributed by atoms with Gasteiger partial charge >= 0.3 is 6.18 Å². The van der Waals surface area contributed by atoms with Crippen LogP contribution in [0.1, 0.15) is 24.1 Å². The zero-order chi connectivity index (χ0) is 18.4. The number of halogens is 3. The van der Waals surface area contributed by atoms with Crippen LogP contribution in [0.2, 0.25) is 0 Å². The van der Waals surface area contributed by atoms with Gasteiger partial charge in [0.25, 0.3) is 0 Å². The summed E-state index contributed by atoms with van der Waals surface area (Å²) >= 11 is 0. The fourth-order valence-electron chi connectivity index (χ4n) is 2.33. The number of benzene rings is 2. The number of rotatable bonds is 6. The van der Waals surface area contributed by atoms with Crippen LogP contribution in [0.5, 0.6) is 5.75 Å². The number of ether oxygens (including phenoxy) is 1. The second-order valence-electron chi connectivity index (χ2n) is 5.47. The van der Waals surface area contributed by atoms with E-state index in [4.69, 9.17) is 4.74 Å². The number of anilines is 1. The van der Waals surface area contributed by atoms with E-state index in [-0.39, 0.29) is 18.5 Å². The van der Waals surface area contributed by atoms with E-state index in [9.17, 15) is 18.0 Å². The zero-order valence-electron chi connectivity index (χ0n) is 13.9. The molecule has 0 aliphatic heterocycles. The molecule has 2 aromatic carbocycles. The third-order valence-corrected chi connectivity index (χ3v) is 3.67. The van der Waals surface area contributed by atoms with Crippen LogP contribution in [-0.2, 0) is 11.0 Å². The minimum absolute atomic E-state index is 0.0141. The first-order chi connectivity index (χ1) is 11.8. The Morgan fingerprint density at radius 2 is 1.76 bits per heavy atom. The number of para-hydroxylation sites is 1. The lowest BCUT2D eigenvalue weighted by Gasteiger charge is -2.17. The number of hydrogen-bond donors (Lipinski definition) is 2. The van der Waals surface area contributed by atoms with Crippen molar-refractivity contribution in [3.05, 3.63) is 59.7 Å². The third-order valence-electron chi connectivity index (χ3n) is 3.67. The van der Waals surface area contributed by atoms with Crippen molar-refractivity contribution in [2.45, 2.75) is 19.1 Å². The van der Waals surface area contributed by atoms with Gasteiger partial charge in [0.15, 0.2) is 0 Å². The van der Waals surface area contributed by atoms with Crippen LogP contribution in [0.3, 0.4) is 0 Å². The lowest BCUT2D eigenvalue weighted by atomic mass is 10.1. The monoisotopic (exact) mass is 352 g/mol. The SMILES string of the molecule is COc1ccccc1[C@@H](C)NCC(=O)Nc1ccc(C(F)(F)F)cc1. The van der Waals surface area contributed by atoms with Gasteiger partial charge in [0.05, 0.1) is 19.2 Å². The Hall–Kier alpha value is -2.54. The molecule has 0 radical (unpaired) electrons. The van der Waals surface area contributed by atoms with Gasteiger partial charge in [-0.2, -0.15) is 13.2 Å². The quantitative estimate of drug-likeness (QED) is 0.826. The standard InChI is InChI=1S/C18H19F3N2O2/c1-12(15-5-3-4-6-16(15)25-2)22-11-17(24)23-14-9-7-13(8-10-14)18(19,20)21/h3-10,12,22H,11H2,1-2H3,(H,23,24)/t12-/m1/s1. The number of nitrogens with one attached hydrogen (secondary N) is 2. The van der Waals surface area contributed by atoms with Crippen LogP contribution in [0.4, 0.5) is 18.9 Å². The molecule has 4 nitrogen and oxygen atoms in total. The summed E-state index contributed by atoms with van der Waals surface area (Å²) in [6.45, 7) is 1.91. The number of alkyl halides is 3. The molecule has 0 aliphatic carbocycles. The first-order valence-electron chi connectivity index (χ1n) is 7.64. The summed E-state index contributed by atoms with van der Waals surface area (Å²) < 4.78 is 42.8. The van der Waals surface area contributed by atoms with Gasteiger partial charge in [-0.05, 0) is 37.3 Å². The summed E-state index contributed by atoms with van der Waals surface area (Å²) in [5, 5.41) is 5.61. The van der Waals surface area contributed by atoms with E-state index >= 15 is 0 Å². The summed E-state index contributed by atoms with van der Waals surface area (Å²) in [4.78, 5) is 12.0. The molecular formula is C18H19F3N2O2. The molecule has 0 bridgehead atoms. The molecule has 25 heavy (non-hydrogen) atoms. The fourth-order valence-corrected chi connectivity index (χ4v) is 2.33. The van der Waals surface area contributed by atoms with Gasteiger partial charge in [-0.25, -0.2) is 0 Å². The highest BCUT2D eigenvalue weighted by Crippen LogP contribution is 2.29. The number of hydrogen-bond acceptors (Lipinski definition) is 3. The molecule has 1 amide bonds. The molecule has 134 valence electrons. The zero-order valence-corrected chi connectivity index (χ0v) is 13.9. The van der Waals surface area contributed by atoms with Crippen LogP contribution < -0.4 is 15.4 Å². The smallest absolute Gasteiger partial charge is 0.416 e. The maximum absolute atomic E-state index is 12.5. The number of methoxy groups -OCH3 is 1. The number of carbonyl (C=O) groups is 1. The molecule has 2 aromatic rings. The van der Waals surface area contributed by atoms with Crippen molar-refractivity contribution in [1.29, 1.82) is 0 Å². The van der Waals surface area contributed by atoms with Gasteiger partial charge < -0.3 is 15.4 Å². The second-order valence-corrected chi connectivity index (χ2v) is 5.47. The van der Waals surface area contributed by atoms with E-state index in [1.807, 2.05) is 31.2 Å². The molecule has 0 fully saturated rings. The minimum atomic E-state index is -4.39. The molecule has 0 heterocycles. The van der Waals surface area contributed by atoms with E-state index < -0.39 is 11.7 Å². The molecule has 0 saturated heterocycles. The average molecular weight is 352 g/mol. The first kappa shape index (κ1) is 18.8. The molecule has 1 atom stereocenters. The second kappa shape index (κ2) is 8.02.